The van der Waals surface area contributed by atoms with Gasteiger partial charge in [0.2, 0.25) is 41.4 Å². The van der Waals surface area contributed by atoms with Gasteiger partial charge >= 0.3 is 7.82 Å². The summed E-state index contributed by atoms with van der Waals surface area (Å²) in [6.07, 6.45) is -4.26. The molecule has 1 aromatic carbocycles. The third-order valence-electron chi connectivity index (χ3n) is 20.6. The highest BCUT2D eigenvalue weighted by molar-refractivity contribution is 7.47. The topological polar surface area (TPSA) is 460 Å². The smallest absolute Gasteiger partial charge is 0.394 e. The number of rotatable bonds is 26. The molecular weight excluding hydrogens is 1180 g/mol. The van der Waals surface area contributed by atoms with Gasteiger partial charge in [-0.25, -0.2) is 9.55 Å². The molecule has 6 aliphatic heterocycles. The summed E-state index contributed by atoms with van der Waals surface area (Å²) in [4.78, 5) is 126. The summed E-state index contributed by atoms with van der Waals surface area (Å²) >= 11 is 0. The van der Waals surface area contributed by atoms with E-state index < -0.39 is 143 Å². The molecule has 7 amide bonds. The Balaban J connectivity index is 1.19. The Morgan fingerprint density at radius 2 is 1.40 bits per heavy atom. The summed E-state index contributed by atoms with van der Waals surface area (Å²) in [7, 11) is -5.07. The van der Waals surface area contributed by atoms with Crippen molar-refractivity contribution in [2.45, 2.75) is 189 Å². The van der Waals surface area contributed by atoms with Gasteiger partial charge < -0.3 is 69.4 Å². The summed E-state index contributed by atoms with van der Waals surface area (Å²) in [6.45, 7) is 19.3. The fraction of sp³-hybridized carbons (Fsp3) is 0.629. The first-order valence-electron chi connectivity index (χ1n) is 30.6. The number of aliphatic hydroxyl groups excluding tert-OH is 2. The van der Waals surface area contributed by atoms with E-state index in [1.54, 1.807) is 4.57 Å². The number of carbonyl (C=O) groups is 7. The number of nitrogens with zero attached hydrogens (tertiary/aromatic N) is 5. The molecule has 2 aromatic rings. The van der Waals surface area contributed by atoms with E-state index in [1.165, 1.54) is 13.3 Å². The number of nitrogens with one attached hydrogen (secondary N) is 2. The van der Waals surface area contributed by atoms with Crippen LogP contribution in [0.4, 0.5) is 0 Å². The van der Waals surface area contributed by atoms with Crippen molar-refractivity contribution in [3.05, 3.63) is 63.9 Å². The molecule has 492 valence electrons. The highest BCUT2D eigenvalue weighted by Crippen LogP contribution is 2.63. The van der Waals surface area contributed by atoms with Gasteiger partial charge in [0.15, 0.2) is 6.23 Å². The molecule has 90 heavy (non-hydrogen) atoms. The number of aliphatic hydroxyl groups is 2. The van der Waals surface area contributed by atoms with Gasteiger partial charge in [-0.15, -0.1) is 0 Å². The quantitative estimate of drug-likeness (QED) is 0.0603. The van der Waals surface area contributed by atoms with Crippen LogP contribution in [0.5, 0.6) is 0 Å². The number of imidazole rings is 1. The third kappa shape index (κ3) is 13.0. The van der Waals surface area contributed by atoms with E-state index in [4.69, 9.17) is 63.2 Å². The maximum Gasteiger partial charge on any atom is 0.472 e. The number of aliphatic imine (C=N–C) groups is 3. The molecule has 28 heteroatoms. The lowest BCUT2D eigenvalue weighted by Gasteiger charge is -2.48. The largest absolute Gasteiger partial charge is 0.472 e. The van der Waals surface area contributed by atoms with E-state index in [0.29, 0.717) is 56.4 Å². The molecule has 15 atom stereocenters. The Morgan fingerprint density at radius 3 is 1.99 bits per heavy atom. The predicted octanol–water partition coefficient (Wildman–Crippen LogP) is 3.16. The lowest BCUT2D eigenvalue weighted by atomic mass is 9.55. The second kappa shape index (κ2) is 25.6. The zero-order valence-corrected chi connectivity index (χ0v) is 54.1. The number of fused-ring (bicyclic) bond motifs is 7. The van der Waals surface area contributed by atoms with E-state index >= 15 is 0 Å². The fourth-order valence-corrected chi connectivity index (χ4v) is 16.6. The minimum atomic E-state index is -5.07. The number of ether oxygens (including phenoxy) is 1. The van der Waals surface area contributed by atoms with Crippen LogP contribution >= 0.6 is 7.82 Å². The maximum atomic E-state index is 14.4. The van der Waals surface area contributed by atoms with Crippen molar-refractivity contribution in [1.82, 2.24) is 20.2 Å². The number of phosphoric ester groups is 1. The summed E-state index contributed by atoms with van der Waals surface area (Å²) in [5, 5.41) is 28.2. The minimum Gasteiger partial charge on any atom is -0.394 e. The maximum absolute atomic E-state index is 14.4. The second-order valence-electron chi connectivity index (χ2n) is 27.1. The van der Waals surface area contributed by atoms with Gasteiger partial charge in [0, 0.05) is 131 Å². The highest BCUT2D eigenvalue weighted by Gasteiger charge is 2.66. The van der Waals surface area contributed by atoms with E-state index in [9.17, 15) is 53.2 Å². The van der Waals surface area contributed by atoms with Crippen molar-refractivity contribution < 1.29 is 67.0 Å². The van der Waals surface area contributed by atoms with E-state index in [1.807, 2.05) is 87.4 Å². The molecule has 6 aliphatic rings. The SMILES string of the molecule is C/C1=C2/N=C(C=C3N/C(=C(/C)C4=N[C@@](C)(C5N=C1[C@](C)(CCC(=O)NC[C@@H](C)OP(=O)(O)O[C@H]1[C@@H](O)[C@@H](n6cnc7cc(C)c(C)cc76)O[C@@H]1CO)[C@H]5CC(N)=O)[C@@](C)(CC(N)=O)[C@@H]4CCC(N)=O)[C@@](C)(CC(N)=O)[C@@H]3CCC(N)=O)C(C)(C)[C@@H]2CCC(N)=O. The van der Waals surface area contributed by atoms with Crippen LogP contribution in [0, 0.1) is 59.2 Å². The first-order chi connectivity index (χ1) is 41.8. The van der Waals surface area contributed by atoms with Crippen LogP contribution in [0.2, 0.25) is 0 Å². The van der Waals surface area contributed by atoms with Gasteiger partial charge in [-0.1, -0.05) is 34.6 Å². The van der Waals surface area contributed by atoms with Crippen LogP contribution in [0.15, 0.2) is 67.8 Å². The van der Waals surface area contributed by atoms with Gasteiger partial charge in [-0.3, -0.25) is 57.6 Å². The first-order valence-corrected chi connectivity index (χ1v) is 32.1. The van der Waals surface area contributed by atoms with Crippen molar-refractivity contribution in [3.8, 4) is 0 Å². The Labute approximate surface area is 523 Å². The van der Waals surface area contributed by atoms with Crippen molar-refractivity contribution in [3.63, 3.8) is 0 Å². The van der Waals surface area contributed by atoms with Crippen molar-refractivity contribution in [1.29, 1.82) is 0 Å². The molecule has 7 heterocycles. The normalized spacial score (nSPS) is 33.6. The fourth-order valence-electron chi connectivity index (χ4n) is 15.4. The number of phosphoric acid groups is 1. The van der Waals surface area contributed by atoms with E-state index in [0.717, 1.165) is 11.1 Å². The standard InChI is InChI=1S/C62H90N13O14P/c1-29-20-39-40(21-30(29)2)75(28-70-39)57-52(84)53(41(27-76)87-57)89-90(85,86)88-31(3)26-69-49(83)18-19-59(8)37(22-46(66)80)56-62(11)61(10,25-48(68)82)36(14-17-45(65)79)51(74-62)33(5)55-60(9,24-47(67)81)34(12-15-43(63)77)38(71-55)23-42-58(6,7)35(13-16-44(64)78)50(72-42)32(4)54(59)73-56/h20-21,23,28,31,34-37,41,52-53,56-57,71,76,84H,12-19,22,24-27H2,1-11H3,(H2,63,77)(H2,64,78)(H2,65,79)(H2,66,80)(H2,67,81)(H2,68,82)(H,69,83)(H,85,86)/b38-23?,50-32-,55-33-/t31-,34-,35-,36-,37+,41-,52-,53-,56?,57+,59-,60+,61+,62+/m1/s1. The lowest BCUT2D eigenvalue weighted by Crippen LogP contribution is -2.56. The molecule has 2 unspecified atom stereocenters. The zero-order valence-electron chi connectivity index (χ0n) is 53.3. The summed E-state index contributed by atoms with van der Waals surface area (Å²) in [5.74, 6) is -7.18. The molecule has 2 fully saturated rings. The molecule has 0 aliphatic carbocycles. The molecular formula is C62H90N13O14P. The number of hydrogen-bond acceptors (Lipinski definition) is 18. The number of primary amides is 6. The van der Waals surface area contributed by atoms with Crippen molar-refractivity contribution >= 4 is 77.3 Å². The second-order valence-corrected chi connectivity index (χ2v) is 28.4. The highest BCUT2D eigenvalue weighted by atomic mass is 31.2. The molecule has 2 saturated heterocycles. The summed E-state index contributed by atoms with van der Waals surface area (Å²) in [6, 6.07) is 2.70. The molecule has 8 bridgehead atoms. The molecule has 0 saturated carbocycles. The van der Waals surface area contributed by atoms with Gasteiger partial charge in [0.05, 0.1) is 41.7 Å². The predicted molar refractivity (Wildman–Crippen MR) is 334 cm³/mol. The van der Waals surface area contributed by atoms with Crippen LogP contribution in [0.3, 0.4) is 0 Å². The average molecular weight is 1270 g/mol. The number of allylic oxidation sites excluding steroid dienone is 6. The molecule has 0 spiro atoms. The third-order valence-corrected chi connectivity index (χ3v) is 21.7. The Bertz CT molecular complexity index is 3540. The van der Waals surface area contributed by atoms with Crippen LogP contribution < -0.4 is 45.0 Å². The number of aryl methyl sites for hydroxylation is 2. The Morgan fingerprint density at radius 1 is 0.800 bits per heavy atom. The van der Waals surface area contributed by atoms with E-state index in [2.05, 4.69) is 15.6 Å². The molecule has 1 aromatic heterocycles. The number of amides is 7. The number of aromatic nitrogens is 2. The first kappa shape index (κ1) is 68.9. The number of hydrogen-bond donors (Lipinski definition) is 11. The Hall–Kier alpha value is -7.00. The zero-order chi connectivity index (χ0) is 66.7. The van der Waals surface area contributed by atoms with Gasteiger partial charge in [0.25, 0.3) is 0 Å². The molecule has 8 rings (SSSR count). The number of nitrogens with two attached hydrogens (primary N) is 6. The lowest BCUT2D eigenvalue weighted by molar-refractivity contribution is -0.124. The molecule has 0 radical (unpaired) electrons. The number of carbonyl (C=O) groups excluding carboxylic acids is 7. The summed E-state index contributed by atoms with van der Waals surface area (Å²) < 4.78 is 32.3. The van der Waals surface area contributed by atoms with Crippen molar-refractivity contribution in [2.24, 2.45) is 94.7 Å². The number of benzene rings is 1. The van der Waals surface area contributed by atoms with Crippen LogP contribution in [-0.4, -0.2) is 132 Å². The van der Waals surface area contributed by atoms with Crippen LogP contribution in [-0.2, 0) is 51.9 Å². The van der Waals surface area contributed by atoms with Crippen molar-refractivity contribution in [2.75, 3.05) is 13.2 Å². The summed E-state index contributed by atoms with van der Waals surface area (Å²) in [5.41, 5.74) is 37.4. The van der Waals surface area contributed by atoms with Gasteiger partial charge in [-0.05, 0) is 108 Å². The molecule has 27 nitrogen and oxygen atoms in total. The average Bonchev–Trinajstić information content (AvgIpc) is 1.53. The van der Waals surface area contributed by atoms with Gasteiger partial charge in [0.1, 0.15) is 18.3 Å². The Kier molecular flexibility index (Phi) is 19.6. The van der Waals surface area contributed by atoms with Crippen LogP contribution in [0.25, 0.3) is 11.0 Å². The monoisotopic (exact) mass is 1270 g/mol. The molecule has 17 N–H and O–H groups in total. The van der Waals surface area contributed by atoms with Crippen LogP contribution in [0.1, 0.15) is 150 Å². The van der Waals surface area contributed by atoms with E-state index in [-0.39, 0.29) is 77.2 Å². The minimum absolute atomic E-state index is 0.0114. The van der Waals surface area contributed by atoms with Gasteiger partial charge in [-0.2, -0.15) is 0 Å².